The third-order valence-electron chi connectivity index (χ3n) is 3.17. The predicted octanol–water partition coefficient (Wildman–Crippen LogP) is 1.96. The van der Waals surface area contributed by atoms with Crippen molar-refractivity contribution in [3.63, 3.8) is 0 Å². The van der Waals surface area contributed by atoms with E-state index in [0.717, 1.165) is 37.4 Å². The number of oxazole rings is 1. The van der Waals surface area contributed by atoms with Crippen molar-refractivity contribution in [1.29, 1.82) is 0 Å². The molecule has 0 radical (unpaired) electrons. The molecule has 0 aliphatic carbocycles. The van der Waals surface area contributed by atoms with E-state index in [0.29, 0.717) is 12.5 Å². The summed E-state index contributed by atoms with van der Waals surface area (Å²) in [4.78, 5) is 17.2. The first kappa shape index (κ1) is 11.3. The van der Waals surface area contributed by atoms with Gasteiger partial charge in [-0.05, 0) is 25.9 Å². The number of carbonyl (C=O) groups excluding carboxylic acids is 1. The lowest BCUT2D eigenvalue weighted by atomic mass is 10.0. The molecule has 1 atom stereocenters. The minimum absolute atomic E-state index is 0.305. The fourth-order valence-electron chi connectivity index (χ4n) is 2.30. The average Bonchev–Trinajstić information content (AvgIpc) is 2.78. The molecule has 0 spiro atoms. The number of nitrogens with zero attached hydrogens (tertiary/aromatic N) is 2. The molecule has 4 heteroatoms. The quantitative estimate of drug-likeness (QED) is 0.731. The molecule has 4 nitrogen and oxygen atoms in total. The van der Waals surface area contributed by atoms with Gasteiger partial charge in [0.15, 0.2) is 0 Å². The Bertz CT molecular complexity index is 349. The number of hydrogen-bond donors (Lipinski definition) is 0. The van der Waals surface area contributed by atoms with Gasteiger partial charge in [-0.3, -0.25) is 4.90 Å². The van der Waals surface area contributed by atoms with Crippen molar-refractivity contribution in [2.24, 2.45) is 0 Å². The summed E-state index contributed by atoms with van der Waals surface area (Å²) in [6.45, 7) is 4.30. The molecule has 1 aliphatic heterocycles. The van der Waals surface area contributed by atoms with E-state index in [-0.39, 0.29) is 0 Å². The summed E-state index contributed by atoms with van der Waals surface area (Å²) in [7, 11) is 0. The van der Waals surface area contributed by atoms with Crippen molar-refractivity contribution >= 4 is 6.29 Å². The molecule has 1 saturated heterocycles. The van der Waals surface area contributed by atoms with Gasteiger partial charge in [0.2, 0.25) is 5.89 Å². The normalized spacial score (nSPS) is 22.2. The van der Waals surface area contributed by atoms with Gasteiger partial charge in [-0.25, -0.2) is 4.98 Å². The maximum atomic E-state index is 10.4. The van der Waals surface area contributed by atoms with Crippen LogP contribution >= 0.6 is 0 Å². The van der Waals surface area contributed by atoms with Gasteiger partial charge in [0.1, 0.15) is 12.5 Å². The van der Waals surface area contributed by atoms with E-state index in [2.05, 4.69) is 16.8 Å². The molecule has 0 bridgehead atoms. The fraction of sp³-hybridized carbons (Fsp3) is 0.667. The van der Waals surface area contributed by atoms with Crippen LogP contribution in [0.1, 0.15) is 43.8 Å². The second kappa shape index (κ2) is 5.25. The maximum absolute atomic E-state index is 10.4. The summed E-state index contributed by atoms with van der Waals surface area (Å²) in [5.41, 5.74) is 0.742. The lowest BCUT2D eigenvalue weighted by molar-refractivity contribution is -0.107. The van der Waals surface area contributed by atoms with Crippen molar-refractivity contribution in [2.45, 2.75) is 38.6 Å². The van der Waals surface area contributed by atoms with Crippen LogP contribution in [0.3, 0.4) is 0 Å². The number of piperidine rings is 1. The van der Waals surface area contributed by atoms with Gasteiger partial charge in [-0.2, -0.15) is 0 Å². The zero-order valence-corrected chi connectivity index (χ0v) is 9.69. The Morgan fingerprint density at radius 2 is 2.50 bits per heavy atom. The highest BCUT2D eigenvalue weighted by Crippen LogP contribution is 2.29. The van der Waals surface area contributed by atoms with Crippen LogP contribution in [-0.4, -0.2) is 29.3 Å². The third-order valence-corrected chi connectivity index (χ3v) is 3.17. The number of rotatable bonds is 4. The SMILES string of the molecule is CCN1CCCCC1c1nc(CC=O)co1. The van der Waals surface area contributed by atoms with E-state index in [1.807, 2.05) is 0 Å². The topological polar surface area (TPSA) is 46.3 Å². The van der Waals surface area contributed by atoms with E-state index in [4.69, 9.17) is 4.42 Å². The molecule has 1 unspecified atom stereocenters. The molecule has 16 heavy (non-hydrogen) atoms. The van der Waals surface area contributed by atoms with Crippen LogP contribution in [-0.2, 0) is 11.2 Å². The zero-order valence-electron chi connectivity index (χ0n) is 9.69. The second-order valence-electron chi connectivity index (χ2n) is 4.19. The molecule has 1 aliphatic rings. The lowest BCUT2D eigenvalue weighted by Gasteiger charge is -2.32. The monoisotopic (exact) mass is 222 g/mol. The molecule has 1 aromatic rings. The van der Waals surface area contributed by atoms with Crippen LogP contribution in [0, 0.1) is 0 Å². The lowest BCUT2D eigenvalue weighted by Crippen LogP contribution is -2.33. The molecular formula is C12H18N2O2. The standard InChI is InChI=1S/C12H18N2O2/c1-2-14-7-4-3-5-11(14)12-13-10(6-8-15)9-16-12/h8-9,11H,2-7H2,1H3. The van der Waals surface area contributed by atoms with Crippen LogP contribution in [0.15, 0.2) is 10.7 Å². The van der Waals surface area contributed by atoms with Gasteiger partial charge < -0.3 is 9.21 Å². The van der Waals surface area contributed by atoms with Gasteiger partial charge in [0.25, 0.3) is 0 Å². The molecule has 88 valence electrons. The summed E-state index contributed by atoms with van der Waals surface area (Å²) >= 11 is 0. The Morgan fingerprint density at radius 3 is 3.25 bits per heavy atom. The molecule has 0 saturated carbocycles. The summed E-state index contributed by atoms with van der Waals surface area (Å²) < 4.78 is 5.48. The van der Waals surface area contributed by atoms with Gasteiger partial charge in [0, 0.05) is 6.42 Å². The van der Waals surface area contributed by atoms with Gasteiger partial charge in [-0.15, -0.1) is 0 Å². The van der Waals surface area contributed by atoms with E-state index in [9.17, 15) is 4.79 Å². The van der Waals surface area contributed by atoms with Crippen molar-refractivity contribution in [3.8, 4) is 0 Å². The highest BCUT2D eigenvalue weighted by molar-refractivity contribution is 5.53. The van der Waals surface area contributed by atoms with Crippen molar-refractivity contribution < 1.29 is 9.21 Å². The van der Waals surface area contributed by atoms with E-state index >= 15 is 0 Å². The molecule has 0 aromatic carbocycles. The Hall–Kier alpha value is -1.16. The second-order valence-corrected chi connectivity index (χ2v) is 4.19. The third kappa shape index (κ3) is 2.32. The smallest absolute Gasteiger partial charge is 0.211 e. The first-order chi connectivity index (χ1) is 7.85. The predicted molar refractivity (Wildman–Crippen MR) is 60.1 cm³/mol. The minimum atomic E-state index is 0.305. The van der Waals surface area contributed by atoms with Crippen LogP contribution in [0.4, 0.5) is 0 Å². The molecule has 0 amide bonds. The number of hydrogen-bond acceptors (Lipinski definition) is 4. The van der Waals surface area contributed by atoms with Crippen molar-refractivity contribution in [3.05, 3.63) is 17.8 Å². The van der Waals surface area contributed by atoms with Crippen LogP contribution < -0.4 is 0 Å². The number of aromatic nitrogens is 1. The van der Waals surface area contributed by atoms with Crippen molar-refractivity contribution in [1.82, 2.24) is 9.88 Å². The van der Waals surface area contributed by atoms with Gasteiger partial charge in [-0.1, -0.05) is 13.3 Å². The molecule has 2 heterocycles. The maximum Gasteiger partial charge on any atom is 0.211 e. The Morgan fingerprint density at radius 1 is 1.62 bits per heavy atom. The van der Waals surface area contributed by atoms with E-state index < -0.39 is 0 Å². The summed E-state index contributed by atoms with van der Waals surface area (Å²) in [6.07, 6.45) is 6.41. The highest BCUT2D eigenvalue weighted by Gasteiger charge is 2.26. The van der Waals surface area contributed by atoms with Gasteiger partial charge >= 0.3 is 0 Å². The zero-order chi connectivity index (χ0) is 11.4. The highest BCUT2D eigenvalue weighted by atomic mass is 16.3. The molecule has 0 N–H and O–H groups in total. The first-order valence-electron chi connectivity index (χ1n) is 5.97. The summed E-state index contributed by atoms with van der Waals surface area (Å²) in [5.74, 6) is 0.776. The summed E-state index contributed by atoms with van der Waals surface area (Å²) in [6, 6.07) is 0.305. The Kier molecular flexibility index (Phi) is 3.72. The van der Waals surface area contributed by atoms with Gasteiger partial charge in [0.05, 0.1) is 11.7 Å². The molecular weight excluding hydrogens is 204 g/mol. The van der Waals surface area contributed by atoms with E-state index in [1.165, 1.54) is 12.8 Å². The average molecular weight is 222 g/mol. The number of carbonyl (C=O) groups is 1. The van der Waals surface area contributed by atoms with Crippen molar-refractivity contribution in [2.75, 3.05) is 13.1 Å². The van der Waals surface area contributed by atoms with E-state index in [1.54, 1.807) is 6.26 Å². The first-order valence-corrected chi connectivity index (χ1v) is 5.97. The summed E-state index contributed by atoms with van der Waals surface area (Å²) in [5, 5.41) is 0. The fourth-order valence-corrected chi connectivity index (χ4v) is 2.30. The number of likely N-dealkylation sites (tertiary alicyclic amines) is 1. The Balaban J connectivity index is 2.10. The number of aldehydes is 1. The van der Waals surface area contributed by atoms with Crippen LogP contribution in [0.25, 0.3) is 0 Å². The van der Waals surface area contributed by atoms with Crippen LogP contribution in [0.2, 0.25) is 0 Å². The molecule has 1 aromatic heterocycles. The molecule has 2 rings (SSSR count). The molecule has 1 fully saturated rings. The van der Waals surface area contributed by atoms with Crippen LogP contribution in [0.5, 0.6) is 0 Å². The Labute approximate surface area is 95.6 Å². The minimum Gasteiger partial charge on any atom is -0.447 e. The largest absolute Gasteiger partial charge is 0.447 e.